The summed E-state index contributed by atoms with van der Waals surface area (Å²) in [6, 6.07) is 16.8. The number of ether oxygens (including phenoxy) is 3. The second kappa shape index (κ2) is 9.45. The Labute approximate surface area is 169 Å². The number of nitrogens with zero attached hydrogens (tertiary/aromatic N) is 1. The quantitative estimate of drug-likeness (QED) is 0.606. The molecule has 0 radical (unpaired) electrons. The predicted octanol–water partition coefficient (Wildman–Crippen LogP) is 3.78. The van der Waals surface area contributed by atoms with E-state index in [9.17, 15) is 4.79 Å². The number of hydrogen-bond donors (Lipinski definition) is 2. The van der Waals surface area contributed by atoms with Gasteiger partial charge in [-0.1, -0.05) is 30.3 Å². The van der Waals surface area contributed by atoms with Gasteiger partial charge in [0, 0.05) is 24.4 Å². The molecule has 3 aromatic rings. The summed E-state index contributed by atoms with van der Waals surface area (Å²) in [6.45, 7) is 0.451. The molecular weight excluding hydrogens is 370 g/mol. The molecule has 7 nitrogen and oxygen atoms in total. The molecule has 7 heteroatoms. The SMILES string of the molecule is COc1cc(Nc2ccc(C(=O)NCc3ccccc3)nc2)cc(OC)c1OC. The normalized spacial score (nSPS) is 10.2. The summed E-state index contributed by atoms with van der Waals surface area (Å²) in [6.07, 6.45) is 1.60. The zero-order valence-corrected chi connectivity index (χ0v) is 16.6. The number of methoxy groups -OCH3 is 3. The van der Waals surface area contributed by atoms with Crippen LogP contribution in [0.4, 0.5) is 11.4 Å². The van der Waals surface area contributed by atoms with Crippen LogP contribution in [0.25, 0.3) is 0 Å². The number of benzene rings is 2. The standard InChI is InChI=1S/C22H23N3O4/c1-27-19-11-17(12-20(28-2)21(19)29-3)25-16-9-10-18(23-14-16)22(26)24-13-15-7-5-4-6-8-15/h4-12,14,25H,13H2,1-3H3,(H,24,26). The number of amides is 1. The summed E-state index contributed by atoms with van der Waals surface area (Å²) >= 11 is 0. The van der Waals surface area contributed by atoms with Crippen LogP contribution in [0.2, 0.25) is 0 Å². The Morgan fingerprint density at radius 2 is 1.59 bits per heavy atom. The van der Waals surface area contributed by atoms with Crippen molar-refractivity contribution in [1.29, 1.82) is 0 Å². The molecule has 0 atom stereocenters. The molecule has 1 aromatic heterocycles. The zero-order chi connectivity index (χ0) is 20.6. The van der Waals surface area contributed by atoms with Crippen molar-refractivity contribution in [1.82, 2.24) is 10.3 Å². The Balaban J connectivity index is 1.68. The van der Waals surface area contributed by atoms with Crippen molar-refractivity contribution >= 4 is 17.3 Å². The maximum Gasteiger partial charge on any atom is 0.270 e. The summed E-state index contributed by atoms with van der Waals surface area (Å²) in [5, 5.41) is 6.08. The van der Waals surface area contributed by atoms with E-state index in [0.29, 0.717) is 29.5 Å². The smallest absolute Gasteiger partial charge is 0.270 e. The molecule has 29 heavy (non-hydrogen) atoms. The van der Waals surface area contributed by atoms with Crippen LogP contribution in [0.15, 0.2) is 60.8 Å². The molecule has 0 aliphatic rings. The van der Waals surface area contributed by atoms with E-state index in [1.54, 1.807) is 51.8 Å². The minimum Gasteiger partial charge on any atom is -0.493 e. The van der Waals surface area contributed by atoms with E-state index in [0.717, 1.165) is 16.9 Å². The third kappa shape index (κ3) is 4.95. The maximum atomic E-state index is 12.3. The van der Waals surface area contributed by atoms with Crippen LogP contribution in [0, 0.1) is 0 Å². The molecule has 1 heterocycles. The van der Waals surface area contributed by atoms with Crippen LogP contribution >= 0.6 is 0 Å². The number of carbonyl (C=O) groups is 1. The van der Waals surface area contributed by atoms with E-state index >= 15 is 0 Å². The van der Waals surface area contributed by atoms with Gasteiger partial charge < -0.3 is 24.8 Å². The molecule has 2 N–H and O–H groups in total. The van der Waals surface area contributed by atoms with E-state index in [2.05, 4.69) is 15.6 Å². The van der Waals surface area contributed by atoms with Gasteiger partial charge in [-0.2, -0.15) is 0 Å². The molecule has 0 bridgehead atoms. The van der Waals surface area contributed by atoms with Crippen molar-refractivity contribution in [2.45, 2.75) is 6.54 Å². The number of carbonyl (C=O) groups excluding carboxylic acids is 1. The lowest BCUT2D eigenvalue weighted by Crippen LogP contribution is -2.23. The van der Waals surface area contributed by atoms with Gasteiger partial charge in [-0.15, -0.1) is 0 Å². The Kier molecular flexibility index (Phi) is 6.52. The lowest BCUT2D eigenvalue weighted by Gasteiger charge is -2.15. The lowest BCUT2D eigenvalue weighted by atomic mass is 10.2. The summed E-state index contributed by atoms with van der Waals surface area (Å²) in [5.41, 5.74) is 2.83. The van der Waals surface area contributed by atoms with E-state index < -0.39 is 0 Å². The van der Waals surface area contributed by atoms with Crippen LogP contribution in [-0.2, 0) is 6.54 Å². The van der Waals surface area contributed by atoms with E-state index in [1.807, 2.05) is 30.3 Å². The highest BCUT2D eigenvalue weighted by Gasteiger charge is 2.13. The third-order valence-corrected chi connectivity index (χ3v) is 4.25. The van der Waals surface area contributed by atoms with Crippen molar-refractivity contribution in [3.8, 4) is 17.2 Å². The highest BCUT2D eigenvalue weighted by molar-refractivity contribution is 5.92. The van der Waals surface area contributed by atoms with Gasteiger partial charge in [0.25, 0.3) is 5.91 Å². The second-order valence-corrected chi connectivity index (χ2v) is 6.14. The predicted molar refractivity (Wildman–Crippen MR) is 111 cm³/mol. The zero-order valence-electron chi connectivity index (χ0n) is 16.6. The fourth-order valence-electron chi connectivity index (χ4n) is 2.79. The van der Waals surface area contributed by atoms with E-state index in [4.69, 9.17) is 14.2 Å². The van der Waals surface area contributed by atoms with Gasteiger partial charge in [-0.05, 0) is 17.7 Å². The molecule has 0 aliphatic carbocycles. The first-order valence-corrected chi connectivity index (χ1v) is 8.99. The largest absolute Gasteiger partial charge is 0.493 e. The van der Waals surface area contributed by atoms with Crippen LogP contribution in [0.5, 0.6) is 17.2 Å². The molecular formula is C22H23N3O4. The molecule has 0 aliphatic heterocycles. The average Bonchev–Trinajstić information content (AvgIpc) is 2.77. The highest BCUT2D eigenvalue weighted by atomic mass is 16.5. The Bertz CT molecular complexity index is 935. The summed E-state index contributed by atoms with van der Waals surface area (Å²) in [5.74, 6) is 1.37. The third-order valence-electron chi connectivity index (χ3n) is 4.25. The molecule has 0 unspecified atom stereocenters. The van der Waals surface area contributed by atoms with Gasteiger partial charge in [-0.3, -0.25) is 4.79 Å². The number of pyridine rings is 1. The molecule has 0 spiro atoms. The molecule has 3 rings (SSSR count). The van der Waals surface area contributed by atoms with Gasteiger partial charge in [-0.25, -0.2) is 4.98 Å². The monoisotopic (exact) mass is 393 g/mol. The summed E-state index contributed by atoms with van der Waals surface area (Å²) in [4.78, 5) is 16.5. The molecule has 0 saturated heterocycles. The molecule has 150 valence electrons. The Morgan fingerprint density at radius 3 is 2.14 bits per heavy atom. The molecule has 1 amide bonds. The van der Waals surface area contributed by atoms with E-state index in [-0.39, 0.29) is 5.91 Å². The Morgan fingerprint density at radius 1 is 0.897 bits per heavy atom. The first kappa shape index (κ1) is 20.0. The molecule has 0 saturated carbocycles. The first-order valence-electron chi connectivity index (χ1n) is 8.99. The van der Waals surface area contributed by atoms with E-state index in [1.165, 1.54) is 0 Å². The molecule has 0 fully saturated rings. The minimum absolute atomic E-state index is 0.229. The lowest BCUT2D eigenvalue weighted by molar-refractivity contribution is 0.0946. The van der Waals surface area contributed by atoms with Crippen LogP contribution in [0.1, 0.15) is 16.1 Å². The van der Waals surface area contributed by atoms with Gasteiger partial charge in [0.1, 0.15) is 5.69 Å². The number of hydrogen-bond acceptors (Lipinski definition) is 6. The topological polar surface area (TPSA) is 81.7 Å². The van der Waals surface area contributed by atoms with Gasteiger partial charge in [0.15, 0.2) is 11.5 Å². The van der Waals surface area contributed by atoms with Crippen molar-refractivity contribution in [2.24, 2.45) is 0 Å². The van der Waals surface area contributed by atoms with Crippen molar-refractivity contribution in [3.05, 3.63) is 72.1 Å². The number of nitrogens with one attached hydrogen (secondary N) is 2. The summed E-state index contributed by atoms with van der Waals surface area (Å²) in [7, 11) is 4.68. The van der Waals surface area contributed by atoms with Crippen molar-refractivity contribution in [3.63, 3.8) is 0 Å². The van der Waals surface area contributed by atoms with Crippen molar-refractivity contribution < 1.29 is 19.0 Å². The van der Waals surface area contributed by atoms with Crippen LogP contribution in [-0.4, -0.2) is 32.2 Å². The van der Waals surface area contributed by atoms with Crippen molar-refractivity contribution in [2.75, 3.05) is 26.6 Å². The van der Waals surface area contributed by atoms with Gasteiger partial charge >= 0.3 is 0 Å². The van der Waals surface area contributed by atoms with Crippen LogP contribution < -0.4 is 24.8 Å². The summed E-state index contributed by atoms with van der Waals surface area (Å²) < 4.78 is 16.0. The number of rotatable bonds is 8. The van der Waals surface area contributed by atoms with Gasteiger partial charge in [0.2, 0.25) is 5.75 Å². The Hall–Kier alpha value is -3.74. The fourth-order valence-corrected chi connectivity index (χ4v) is 2.79. The van der Waals surface area contributed by atoms with Crippen LogP contribution in [0.3, 0.4) is 0 Å². The number of aromatic nitrogens is 1. The first-order chi connectivity index (χ1) is 14.1. The minimum atomic E-state index is -0.229. The number of anilines is 2. The van der Waals surface area contributed by atoms with Gasteiger partial charge in [0.05, 0.1) is 33.2 Å². The second-order valence-electron chi connectivity index (χ2n) is 6.14. The molecule has 2 aromatic carbocycles. The maximum absolute atomic E-state index is 12.3. The highest BCUT2D eigenvalue weighted by Crippen LogP contribution is 2.40. The fraction of sp³-hybridized carbons (Fsp3) is 0.182. The average molecular weight is 393 g/mol.